The summed E-state index contributed by atoms with van der Waals surface area (Å²) in [7, 11) is 0. The Morgan fingerprint density at radius 1 is 1.41 bits per heavy atom. The second-order valence-corrected chi connectivity index (χ2v) is 6.56. The largest absolute Gasteiger partial charge is 0.395 e. The molecule has 1 unspecified atom stereocenters. The van der Waals surface area contributed by atoms with Gasteiger partial charge in [-0.25, -0.2) is 4.98 Å². The molecule has 1 saturated heterocycles. The summed E-state index contributed by atoms with van der Waals surface area (Å²) in [6, 6.07) is 8.16. The third-order valence-electron chi connectivity index (χ3n) is 3.94. The van der Waals surface area contributed by atoms with Crippen molar-refractivity contribution in [3.05, 3.63) is 29.3 Å². The van der Waals surface area contributed by atoms with E-state index in [2.05, 4.69) is 15.9 Å². The Bertz CT molecular complexity index is 627. The van der Waals surface area contributed by atoms with Gasteiger partial charge in [0, 0.05) is 26.2 Å². The van der Waals surface area contributed by atoms with Crippen LogP contribution in [0, 0.1) is 0 Å². The molecule has 1 aliphatic rings. The van der Waals surface area contributed by atoms with Crippen molar-refractivity contribution >= 4 is 27.5 Å². The number of aromatic nitrogens is 1. The number of benzene rings is 1. The van der Waals surface area contributed by atoms with Gasteiger partial charge in [0.05, 0.1) is 29.4 Å². The van der Waals surface area contributed by atoms with E-state index in [1.165, 1.54) is 0 Å². The fraction of sp³-hybridized carbons (Fsp3) is 0.467. The van der Waals surface area contributed by atoms with Crippen molar-refractivity contribution in [1.82, 2.24) is 14.8 Å². The highest BCUT2D eigenvalue weighted by Crippen LogP contribution is 2.31. The molecule has 1 fully saturated rings. The summed E-state index contributed by atoms with van der Waals surface area (Å²) in [6.45, 7) is 3.30. The highest BCUT2D eigenvalue weighted by Gasteiger charge is 2.30. The number of nitrogens with two attached hydrogens (primary N) is 1. The molecule has 3 N–H and O–H groups in total. The average Bonchev–Trinajstić information content (AvgIpc) is 2.92. The van der Waals surface area contributed by atoms with Gasteiger partial charge < -0.3 is 10.8 Å². The molecule has 0 spiro atoms. The maximum atomic E-state index is 11.2. The van der Waals surface area contributed by atoms with Crippen LogP contribution in [0.3, 0.4) is 0 Å². The Balaban J connectivity index is 1.86. The number of amides is 1. The topological polar surface area (TPSA) is 82.7 Å². The number of thiazole rings is 1. The summed E-state index contributed by atoms with van der Waals surface area (Å²) in [5.74, 6) is -0.307. The van der Waals surface area contributed by atoms with Gasteiger partial charge in [0.15, 0.2) is 0 Å². The van der Waals surface area contributed by atoms with E-state index in [4.69, 9.17) is 10.7 Å². The van der Waals surface area contributed by atoms with Crippen molar-refractivity contribution in [2.75, 3.05) is 39.3 Å². The lowest BCUT2D eigenvalue weighted by Crippen LogP contribution is -2.51. The smallest absolute Gasteiger partial charge is 0.231 e. The van der Waals surface area contributed by atoms with Gasteiger partial charge in [-0.15, -0.1) is 11.3 Å². The molecule has 1 aromatic heterocycles. The van der Waals surface area contributed by atoms with E-state index in [1.54, 1.807) is 11.3 Å². The Hall–Kier alpha value is -1.54. The van der Waals surface area contributed by atoms with E-state index in [-0.39, 0.29) is 25.1 Å². The number of carbonyl (C=O) groups is 1. The predicted molar refractivity (Wildman–Crippen MR) is 86.7 cm³/mol. The number of piperazine rings is 1. The molecular weight excluding hydrogens is 300 g/mol. The molecule has 22 heavy (non-hydrogen) atoms. The third kappa shape index (κ3) is 3.27. The molecule has 1 amide bonds. The Morgan fingerprint density at radius 2 is 2.23 bits per heavy atom. The quantitative estimate of drug-likeness (QED) is 0.835. The zero-order chi connectivity index (χ0) is 15.5. The number of aliphatic hydroxyl groups is 1. The monoisotopic (exact) mass is 320 g/mol. The van der Waals surface area contributed by atoms with Crippen LogP contribution < -0.4 is 5.73 Å². The number of para-hydroxylation sites is 1. The fourth-order valence-electron chi connectivity index (χ4n) is 2.90. The van der Waals surface area contributed by atoms with Crippen LogP contribution in [0.1, 0.15) is 11.0 Å². The lowest BCUT2D eigenvalue weighted by atomic mass is 10.1. The SMILES string of the molecule is NC(=O)CN1CCN(CCO)C(c2nc3ccccc3s2)C1. The summed E-state index contributed by atoms with van der Waals surface area (Å²) in [6.07, 6.45) is 0. The van der Waals surface area contributed by atoms with Crippen LogP contribution in [0.5, 0.6) is 0 Å². The molecule has 0 aliphatic carbocycles. The number of β-amino-alcohol motifs (C(OH)–C–C–N with tert-alkyl or cyclic N) is 1. The molecule has 7 heteroatoms. The van der Waals surface area contributed by atoms with Gasteiger partial charge in [0.2, 0.25) is 5.91 Å². The highest BCUT2D eigenvalue weighted by molar-refractivity contribution is 7.18. The number of carbonyl (C=O) groups excluding carboxylic acids is 1. The van der Waals surface area contributed by atoms with Gasteiger partial charge >= 0.3 is 0 Å². The van der Waals surface area contributed by atoms with E-state index in [0.717, 1.165) is 28.3 Å². The van der Waals surface area contributed by atoms with E-state index in [0.29, 0.717) is 13.1 Å². The number of rotatable bonds is 5. The third-order valence-corrected chi connectivity index (χ3v) is 5.08. The molecule has 6 nitrogen and oxygen atoms in total. The van der Waals surface area contributed by atoms with Gasteiger partial charge in [-0.3, -0.25) is 14.6 Å². The van der Waals surface area contributed by atoms with Crippen LogP contribution >= 0.6 is 11.3 Å². The Kier molecular flexibility index (Phi) is 4.68. The maximum Gasteiger partial charge on any atom is 0.231 e. The van der Waals surface area contributed by atoms with Gasteiger partial charge in [-0.1, -0.05) is 12.1 Å². The normalized spacial score (nSPS) is 20.5. The molecule has 0 bridgehead atoms. The molecule has 1 atom stereocenters. The summed E-state index contributed by atoms with van der Waals surface area (Å²) >= 11 is 1.68. The van der Waals surface area contributed by atoms with Crippen LogP contribution in [-0.4, -0.2) is 65.1 Å². The minimum absolute atomic E-state index is 0.0950. The maximum absolute atomic E-state index is 11.2. The van der Waals surface area contributed by atoms with Crippen molar-refractivity contribution in [2.45, 2.75) is 6.04 Å². The summed E-state index contributed by atoms with van der Waals surface area (Å²) in [5.41, 5.74) is 6.31. The van der Waals surface area contributed by atoms with Crippen LogP contribution in [0.15, 0.2) is 24.3 Å². The lowest BCUT2D eigenvalue weighted by molar-refractivity contribution is -0.119. The molecule has 2 aromatic rings. The first-order chi connectivity index (χ1) is 10.7. The number of fused-ring (bicyclic) bond motifs is 1. The van der Waals surface area contributed by atoms with E-state index < -0.39 is 0 Å². The first kappa shape index (κ1) is 15.4. The average molecular weight is 320 g/mol. The number of hydrogen-bond acceptors (Lipinski definition) is 6. The molecule has 118 valence electrons. The number of hydrogen-bond donors (Lipinski definition) is 2. The molecule has 0 radical (unpaired) electrons. The molecule has 1 aromatic carbocycles. The zero-order valence-corrected chi connectivity index (χ0v) is 13.1. The number of nitrogens with zero attached hydrogens (tertiary/aromatic N) is 3. The van der Waals surface area contributed by atoms with Crippen LogP contribution in [0.4, 0.5) is 0 Å². The highest BCUT2D eigenvalue weighted by atomic mass is 32.1. The van der Waals surface area contributed by atoms with Crippen LogP contribution in [0.2, 0.25) is 0 Å². The van der Waals surface area contributed by atoms with Gasteiger partial charge in [-0.05, 0) is 12.1 Å². The standard InChI is InChI=1S/C15H20N4O2S/c16-14(21)10-18-5-6-19(7-8-20)12(9-18)15-17-11-3-1-2-4-13(11)22-15/h1-4,12,20H,5-10H2,(H2,16,21). The second-order valence-electron chi connectivity index (χ2n) is 5.50. The number of primary amides is 1. The van der Waals surface area contributed by atoms with Crippen LogP contribution in [-0.2, 0) is 4.79 Å². The molecule has 1 aliphatic heterocycles. The molecular formula is C15H20N4O2S. The van der Waals surface area contributed by atoms with Crippen LogP contribution in [0.25, 0.3) is 10.2 Å². The lowest BCUT2D eigenvalue weighted by Gasteiger charge is -2.39. The van der Waals surface area contributed by atoms with Gasteiger partial charge in [-0.2, -0.15) is 0 Å². The summed E-state index contributed by atoms with van der Waals surface area (Å²) in [5, 5.41) is 10.3. The van der Waals surface area contributed by atoms with Crippen molar-refractivity contribution < 1.29 is 9.90 Å². The van der Waals surface area contributed by atoms with E-state index in [9.17, 15) is 9.90 Å². The Morgan fingerprint density at radius 3 is 2.95 bits per heavy atom. The predicted octanol–water partition coefficient (Wildman–Crippen LogP) is 0.433. The molecule has 3 rings (SSSR count). The van der Waals surface area contributed by atoms with Crippen molar-refractivity contribution in [2.24, 2.45) is 5.73 Å². The summed E-state index contributed by atoms with van der Waals surface area (Å²) in [4.78, 5) is 20.2. The number of aliphatic hydroxyl groups excluding tert-OH is 1. The van der Waals surface area contributed by atoms with Gasteiger partial charge in [0.25, 0.3) is 0 Å². The van der Waals surface area contributed by atoms with Crippen molar-refractivity contribution in [1.29, 1.82) is 0 Å². The fourth-order valence-corrected chi connectivity index (χ4v) is 4.00. The Labute approximate surface area is 133 Å². The second kappa shape index (κ2) is 6.70. The van der Waals surface area contributed by atoms with E-state index >= 15 is 0 Å². The molecule has 0 saturated carbocycles. The van der Waals surface area contributed by atoms with Crippen molar-refractivity contribution in [3.63, 3.8) is 0 Å². The first-order valence-corrected chi connectivity index (χ1v) is 8.20. The minimum atomic E-state index is -0.307. The summed E-state index contributed by atoms with van der Waals surface area (Å²) < 4.78 is 1.16. The zero-order valence-electron chi connectivity index (χ0n) is 12.3. The van der Waals surface area contributed by atoms with Gasteiger partial charge in [0.1, 0.15) is 5.01 Å². The first-order valence-electron chi connectivity index (χ1n) is 7.38. The molecule has 2 heterocycles. The van der Waals surface area contributed by atoms with E-state index in [1.807, 2.05) is 18.2 Å². The van der Waals surface area contributed by atoms with Crippen molar-refractivity contribution in [3.8, 4) is 0 Å². The minimum Gasteiger partial charge on any atom is -0.395 e.